The van der Waals surface area contributed by atoms with Crippen molar-refractivity contribution in [3.05, 3.63) is 12.2 Å². The Hall–Kier alpha value is -0.260. The van der Waals surface area contributed by atoms with Crippen LogP contribution in [0.1, 0.15) is 41.5 Å². The first kappa shape index (κ1) is 9.30. The van der Waals surface area contributed by atoms with Crippen LogP contribution in [0.4, 0.5) is 0 Å². The summed E-state index contributed by atoms with van der Waals surface area (Å²) in [6.45, 7) is 14.6. The Morgan fingerprint density at radius 1 is 1.00 bits per heavy atom. The van der Waals surface area contributed by atoms with E-state index in [1.165, 1.54) is 0 Å². The molecule has 0 amide bonds. The third-order valence-electron chi connectivity index (χ3n) is 5.62. The molecule has 0 aromatic rings. The van der Waals surface area contributed by atoms with E-state index in [1.54, 1.807) is 0 Å². The minimum absolute atomic E-state index is 0.418. The second-order valence-electron chi connectivity index (χ2n) is 6.38. The van der Waals surface area contributed by atoms with Crippen LogP contribution in [0.2, 0.25) is 0 Å². The summed E-state index contributed by atoms with van der Waals surface area (Å²) < 4.78 is 0. The Balaban J connectivity index is 2.58. The molecule has 2 aliphatic rings. The van der Waals surface area contributed by atoms with Crippen molar-refractivity contribution in [2.24, 2.45) is 28.1 Å². The topological polar surface area (TPSA) is 0 Å². The van der Waals surface area contributed by atoms with Crippen molar-refractivity contribution in [3.8, 4) is 0 Å². The monoisotopic (exact) mass is 178 g/mol. The number of hydrogen-bond acceptors (Lipinski definition) is 0. The molecule has 3 unspecified atom stereocenters. The van der Waals surface area contributed by atoms with Gasteiger partial charge in [-0.15, -0.1) is 0 Å². The lowest BCUT2D eigenvalue weighted by atomic mass is 9.66. The maximum atomic E-state index is 2.47. The van der Waals surface area contributed by atoms with E-state index in [9.17, 15) is 0 Å². The van der Waals surface area contributed by atoms with Crippen molar-refractivity contribution >= 4 is 0 Å². The summed E-state index contributed by atoms with van der Waals surface area (Å²) in [5.41, 5.74) is 1.35. The van der Waals surface area contributed by atoms with E-state index in [0.29, 0.717) is 16.2 Å². The Morgan fingerprint density at radius 3 is 1.77 bits per heavy atom. The molecule has 3 atom stereocenters. The molecule has 0 saturated heterocycles. The van der Waals surface area contributed by atoms with Gasteiger partial charge in [-0.05, 0) is 28.1 Å². The van der Waals surface area contributed by atoms with Gasteiger partial charge >= 0.3 is 0 Å². The van der Waals surface area contributed by atoms with Crippen LogP contribution < -0.4 is 0 Å². The summed E-state index contributed by atoms with van der Waals surface area (Å²) in [5.74, 6) is 1.56. The lowest BCUT2D eigenvalue weighted by molar-refractivity contribution is 0.145. The molecule has 0 nitrogen and oxygen atoms in total. The van der Waals surface area contributed by atoms with Gasteiger partial charge in [0.05, 0.1) is 0 Å². The minimum atomic E-state index is 0.418. The fourth-order valence-electron chi connectivity index (χ4n) is 4.01. The Labute approximate surface area is 82.4 Å². The molecular formula is C13H22. The molecule has 0 heteroatoms. The Bertz CT molecular complexity index is 270. The smallest absolute Gasteiger partial charge is 0.00586 e. The predicted octanol–water partition coefficient (Wildman–Crippen LogP) is 3.88. The molecule has 2 rings (SSSR count). The number of allylic oxidation sites excluding steroid dienone is 2. The molecule has 0 aliphatic heterocycles. The van der Waals surface area contributed by atoms with Crippen LogP contribution >= 0.6 is 0 Å². The van der Waals surface area contributed by atoms with Crippen LogP contribution in [-0.2, 0) is 0 Å². The summed E-state index contributed by atoms with van der Waals surface area (Å²) in [4.78, 5) is 0. The molecule has 0 radical (unpaired) electrons. The van der Waals surface area contributed by atoms with Gasteiger partial charge in [-0.2, -0.15) is 0 Å². The first-order valence-electron chi connectivity index (χ1n) is 5.44. The number of fused-ring (bicyclic) bond motifs is 2. The molecule has 13 heavy (non-hydrogen) atoms. The van der Waals surface area contributed by atoms with Crippen LogP contribution in [0.15, 0.2) is 12.2 Å². The lowest BCUT2D eigenvalue weighted by Crippen LogP contribution is -2.31. The van der Waals surface area contributed by atoms with Crippen molar-refractivity contribution in [1.29, 1.82) is 0 Å². The Morgan fingerprint density at radius 2 is 1.54 bits per heavy atom. The van der Waals surface area contributed by atoms with Crippen molar-refractivity contribution in [2.45, 2.75) is 41.5 Å². The number of rotatable bonds is 0. The van der Waals surface area contributed by atoms with Gasteiger partial charge in [-0.1, -0.05) is 53.7 Å². The molecule has 1 fully saturated rings. The van der Waals surface area contributed by atoms with Gasteiger partial charge in [-0.3, -0.25) is 0 Å². The Kier molecular flexibility index (Phi) is 1.46. The van der Waals surface area contributed by atoms with Gasteiger partial charge in [-0.25, -0.2) is 0 Å². The van der Waals surface area contributed by atoms with Crippen LogP contribution in [-0.4, -0.2) is 0 Å². The van der Waals surface area contributed by atoms with Crippen LogP contribution in [0.25, 0.3) is 0 Å². The second-order valence-corrected chi connectivity index (χ2v) is 6.38. The highest BCUT2D eigenvalue weighted by molar-refractivity contribution is 5.29. The summed E-state index contributed by atoms with van der Waals surface area (Å²) in [6.07, 6.45) is 4.92. The quantitative estimate of drug-likeness (QED) is 0.494. The standard InChI is InChI=1S/C13H22/c1-9-11(2,3)10-7-8-13(9,6)12(10,4)5/h7-10H,1-6H3. The van der Waals surface area contributed by atoms with Crippen LogP contribution in [0, 0.1) is 28.1 Å². The van der Waals surface area contributed by atoms with Crippen molar-refractivity contribution in [2.75, 3.05) is 0 Å². The first-order valence-corrected chi connectivity index (χ1v) is 5.44. The van der Waals surface area contributed by atoms with Gasteiger partial charge < -0.3 is 0 Å². The van der Waals surface area contributed by atoms with Gasteiger partial charge in [0.25, 0.3) is 0 Å². The molecule has 0 heterocycles. The molecule has 0 aromatic heterocycles. The molecule has 74 valence electrons. The van der Waals surface area contributed by atoms with E-state index in [2.05, 4.69) is 53.7 Å². The average Bonchev–Trinajstić information content (AvgIpc) is 2.26. The third kappa shape index (κ3) is 0.742. The van der Waals surface area contributed by atoms with Gasteiger partial charge in [0.1, 0.15) is 0 Å². The summed E-state index contributed by atoms with van der Waals surface area (Å²) in [5, 5.41) is 0. The molecular weight excluding hydrogens is 156 g/mol. The highest BCUT2D eigenvalue weighted by Gasteiger charge is 2.65. The molecule has 1 saturated carbocycles. The predicted molar refractivity (Wildman–Crippen MR) is 57.5 cm³/mol. The SMILES string of the molecule is CC1C(C)(C)C2C=CC1(C)C2(C)C. The van der Waals surface area contributed by atoms with Crippen LogP contribution in [0.3, 0.4) is 0 Å². The maximum Gasteiger partial charge on any atom is -0.00586 e. The zero-order chi connectivity index (χ0) is 10.1. The first-order chi connectivity index (χ1) is 5.74. The minimum Gasteiger partial charge on any atom is -0.0837 e. The fourth-order valence-corrected chi connectivity index (χ4v) is 4.01. The third-order valence-corrected chi connectivity index (χ3v) is 5.62. The van der Waals surface area contributed by atoms with Gasteiger partial charge in [0, 0.05) is 0 Å². The molecule has 2 bridgehead atoms. The van der Waals surface area contributed by atoms with E-state index in [-0.39, 0.29) is 0 Å². The highest BCUT2D eigenvalue weighted by Crippen LogP contribution is 2.71. The molecule has 0 spiro atoms. The zero-order valence-corrected chi connectivity index (χ0v) is 9.81. The molecule has 0 N–H and O–H groups in total. The zero-order valence-electron chi connectivity index (χ0n) is 9.81. The summed E-state index contributed by atoms with van der Waals surface area (Å²) >= 11 is 0. The normalized spacial score (nSPS) is 50.0. The average molecular weight is 178 g/mol. The van der Waals surface area contributed by atoms with Crippen molar-refractivity contribution in [3.63, 3.8) is 0 Å². The molecule has 0 aromatic carbocycles. The molecule has 2 aliphatic carbocycles. The largest absolute Gasteiger partial charge is 0.0837 e. The van der Waals surface area contributed by atoms with Crippen molar-refractivity contribution in [1.82, 2.24) is 0 Å². The maximum absolute atomic E-state index is 2.47. The summed E-state index contributed by atoms with van der Waals surface area (Å²) in [7, 11) is 0. The van der Waals surface area contributed by atoms with E-state index < -0.39 is 0 Å². The van der Waals surface area contributed by atoms with Gasteiger partial charge in [0.2, 0.25) is 0 Å². The van der Waals surface area contributed by atoms with E-state index >= 15 is 0 Å². The summed E-state index contributed by atoms with van der Waals surface area (Å²) in [6, 6.07) is 0. The van der Waals surface area contributed by atoms with E-state index in [0.717, 1.165) is 11.8 Å². The highest BCUT2D eigenvalue weighted by atomic mass is 14.7. The van der Waals surface area contributed by atoms with Crippen molar-refractivity contribution < 1.29 is 0 Å². The van der Waals surface area contributed by atoms with Gasteiger partial charge in [0.15, 0.2) is 0 Å². The lowest BCUT2D eigenvalue weighted by Gasteiger charge is -2.38. The second kappa shape index (κ2) is 2.04. The number of hydrogen-bond donors (Lipinski definition) is 0. The van der Waals surface area contributed by atoms with E-state index in [4.69, 9.17) is 0 Å². The van der Waals surface area contributed by atoms with E-state index in [1.807, 2.05) is 0 Å². The fraction of sp³-hybridized carbons (Fsp3) is 0.846. The van der Waals surface area contributed by atoms with Crippen LogP contribution in [0.5, 0.6) is 0 Å².